The van der Waals surface area contributed by atoms with Crippen molar-refractivity contribution in [3.63, 3.8) is 0 Å². The van der Waals surface area contributed by atoms with Gasteiger partial charge < -0.3 is 10.1 Å². The Kier molecular flexibility index (Phi) is 5.34. The maximum atomic E-state index is 12.1. The average molecular weight is 282 g/mol. The van der Waals surface area contributed by atoms with Crippen molar-refractivity contribution in [2.24, 2.45) is 0 Å². The van der Waals surface area contributed by atoms with Crippen LogP contribution in [0.25, 0.3) is 0 Å². The van der Waals surface area contributed by atoms with Gasteiger partial charge in [-0.25, -0.2) is 4.63 Å². The highest BCUT2D eigenvalue weighted by Crippen LogP contribution is 2.15. The summed E-state index contributed by atoms with van der Waals surface area (Å²) in [5.41, 5.74) is 0.611. The summed E-state index contributed by atoms with van der Waals surface area (Å²) in [6.45, 7) is 3.55. The fraction of sp³-hybridized carbons (Fsp3) is 0.769. The van der Waals surface area contributed by atoms with Crippen molar-refractivity contribution in [3.8, 4) is 5.88 Å². The van der Waals surface area contributed by atoms with Crippen molar-refractivity contribution >= 4 is 5.91 Å². The van der Waals surface area contributed by atoms with Crippen LogP contribution in [0, 0.1) is 6.92 Å². The van der Waals surface area contributed by atoms with Gasteiger partial charge in [-0.2, -0.15) is 0 Å². The van der Waals surface area contributed by atoms with Crippen LogP contribution in [0.1, 0.15) is 31.4 Å². The maximum absolute atomic E-state index is 12.1. The number of nitrogens with one attached hydrogen (secondary N) is 1. The quantitative estimate of drug-likeness (QED) is 0.803. The first-order valence-electron chi connectivity index (χ1n) is 7.08. The highest BCUT2D eigenvalue weighted by Gasteiger charge is 2.24. The second kappa shape index (κ2) is 7.23. The lowest BCUT2D eigenvalue weighted by molar-refractivity contribution is -0.126. The zero-order valence-corrected chi connectivity index (χ0v) is 12.1. The van der Waals surface area contributed by atoms with Crippen LogP contribution >= 0.6 is 0 Å². The van der Waals surface area contributed by atoms with Crippen LogP contribution in [0.5, 0.6) is 5.88 Å². The summed E-state index contributed by atoms with van der Waals surface area (Å²) in [4.78, 5) is 14.3. The van der Waals surface area contributed by atoms with E-state index in [0.29, 0.717) is 24.7 Å². The lowest BCUT2D eigenvalue weighted by Gasteiger charge is -2.24. The number of hydrogen-bond acceptors (Lipinski definition) is 6. The van der Waals surface area contributed by atoms with Gasteiger partial charge in [-0.15, -0.1) is 0 Å². The summed E-state index contributed by atoms with van der Waals surface area (Å²) in [5, 5.41) is 10.1. The number of carbonyl (C=O) groups excluding carboxylic acids is 1. The fourth-order valence-electron chi connectivity index (χ4n) is 2.38. The van der Waals surface area contributed by atoms with Crippen molar-refractivity contribution in [3.05, 3.63) is 5.69 Å². The predicted molar refractivity (Wildman–Crippen MR) is 72.4 cm³/mol. The zero-order valence-electron chi connectivity index (χ0n) is 12.1. The highest BCUT2D eigenvalue weighted by atomic mass is 16.6. The largest absolute Gasteiger partial charge is 0.472 e. The molecular weight excluding hydrogens is 260 g/mol. The van der Waals surface area contributed by atoms with Crippen molar-refractivity contribution in [2.75, 3.05) is 26.7 Å². The van der Waals surface area contributed by atoms with Crippen molar-refractivity contribution in [1.29, 1.82) is 0 Å². The first-order valence-corrected chi connectivity index (χ1v) is 7.08. The van der Waals surface area contributed by atoms with Gasteiger partial charge in [0, 0.05) is 0 Å². The molecule has 1 aromatic rings. The molecule has 0 bridgehead atoms. The fourth-order valence-corrected chi connectivity index (χ4v) is 2.38. The van der Waals surface area contributed by atoms with E-state index in [0.717, 1.165) is 19.4 Å². The lowest BCUT2D eigenvalue weighted by atomic mass is 10.1. The van der Waals surface area contributed by atoms with Gasteiger partial charge in [0.05, 0.1) is 12.6 Å². The van der Waals surface area contributed by atoms with Crippen LogP contribution in [0.15, 0.2) is 4.63 Å². The molecule has 2 rings (SSSR count). The van der Waals surface area contributed by atoms with E-state index in [1.165, 1.54) is 12.8 Å². The Bertz CT molecular complexity index is 435. The molecule has 1 fully saturated rings. The molecule has 112 valence electrons. The molecule has 7 nitrogen and oxygen atoms in total. The molecule has 0 radical (unpaired) electrons. The minimum Gasteiger partial charge on any atom is -0.472 e. The number of hydrogen-bond donors (Lipinski definition) is 1. The Hall–Kier alpha value is -1.63. The zero-order chi connectivity index (χ0) is 14.4. The standard InChI is InChI=1S/C13H22N4O3/c1-10-13(16-20-15-10)19-9-7-14-12(18)11-6-4-3-5-8-17(11)2/h11H,3-9H2,1-2H3,(H,14,18)/t11-/m0/s1. The molecule has 1 saturated heterocycles. The molecule has 7 heteroatoms. The minimum atomic E-state index is -0.0204. The van der Waals surface area contributed by atoms with Gasteiger partial charge in [0.15, 0.2) is 0 Å². The van der Waals surface area contributed by atoms with Crippen LogP contribution in [0.4, 0.5) is 0 Å². The van der Waals surface area contributed by atoms with Crippen LogP contribution in [-0.2, 0) is 4.79 Å². The molecule has 20 heavy (non-hydrogen) atoms. The molecule has 1 aliphatic rings. The minimum absolute atomic E-state index is 0.0204. The normalized spacial score (nSPS) is 20.4. The first-order chi connectivity index (χ1) is 9.68. The second-order valence-electron chi connectivity index (χ2n) is 5.14. The van der Waals surface area contributed by atoms with Gasteiger partial charge in [-0.1, -0.05) is 18.0 Å². The van der Waals surface area contributed by atoms with E-state index in [9.17, 15) is 4.79 Å². The molecule has 2 heterocycles. The number of aromatic nitrogens is 2. The van der Waals surface area contributed by atoms with E-state index in [1.807, 2.05) is 7.05 Å². The molecule has 1 aliphatic heterocycles. The summed E-state index contributed by atoms with van der Waals surface area (Å²) in [6.07, 6.45) is 4.41. The van der Waals surface area contributed by atoms with Gasteiger partial charge in [0.2, 0.25) is 5.91 Å². The molecule has 0 unspecified atom stereocenters. The van der Waals surface area contributed by atoms with Crippen LogP contribution < -0.4 is 10.1 Å². The Morgan fingerprint density at radius 2 is 2.30 bits per heavy atom. The van der Waals surface area contributed by atoms with Crippen LogP contribution in [0.3, 0.4) is 0 Å². The number of nitrogens with zero attached hydrogens (tertiary/aromatic N) is 3. The van der Waals surface area contributed by atoms with Gasteiger partial charge in [0.25, 0.3) is 5.88 Å². The molecule has 0 spiro atoms. The van der Waals surface area contributed by atoms with E-state index in [4.69, 9.17) is 4.74 Å². The number of aryl methyl sites for hydroxylation is 1. The monoisotopic (exact) mass is 282 g/mol. The summed E-state index contributed by atoms with van der Waals surface area (Å²) in [5.74, 6) is 0.457. The van der Waals surface area contributed by atoms with Gasteiger partial charge >= 0.3 is 0 Å². The molecule has 1 amide bonds. The van der Waals surface area contributed by atoms with E-state index < -0.39 is 0 Å². The number of likely N-dealkylation sites (N-methyl/N-ethyl adjacent to an activating group) is 1. The Labute approximate surface area is 118 Å². The van der Waals surface area contributed by atoms with E-state index >= 15 is 0 Å². The Morgan fingerprint density at radius 3 is 3.05 bits per heavy atom. The highest BCUT2D eigenvalue weighted by molar-refractivity contribution is 5.81. The summed E-state index contributed by atoms with van der Waals surface area (Å²) < 4.78 is 9.90. The van der Waals surface area contributed by atoms with Crippen LogP contribution in [0.2, 0.25) is 0 Å². The van der Waals surface area contributed by atoms with Crippen LogP contribution in [-0.4, -0.2) is 53.9 Å². The van der Waals surface area contributed by atoms with Gasteiger partial charge in [-0.3, -0.25) is 9.69 Å². The van der Waals surface area contributed by atoms with Gasteiger partial charge in [0.1, 0.15) is 12.3 Å². The topological polar surface area (TPSA) is 80.5 Å². The molecule has 0 saturated carbocycles. The maximum Gasteiger partial charge on any atom is 0.278 e. The van der Waals surface area contributed by atoms with E-state index in [-0.39, 0.29) is 11.9 Å². The number of carbonyl (C=O) groups is 1. The number of ether oxygens (including phenoxy) is 1. The molecule has 1 aromatic heterocycles. The van der Waals surface area contributed by atoms with E-state index in [1.54, 1.807) is 6.92 Å². The second-order valence-corrected chi connectivity index (χ2v) is 5.14. The first kappa shape index (κ1) is 14.8. The Balaban J connectivity index is 1.70. The summed E-state index contributed by atoms with van der Waals surface area (Å²) in [7, 11) is 2.01. The summed E-state index contributed by atoms with van der Waals surface area (Å²) >= 11 is 0. The smallest absolute Gasteiger partial charge is 0.278 e. The molecule has 1 N–H and O–H groups in total. The van der Waals surface area contributed by atoms with Crippen molar-refractivity contribution in [1.82, 2.24) is 20.5 Å². The third-order valence-electron chi connectivity index (χ3n) is 3.57. The number of likely N-dealkylation sites (tertiary alicyclic amines) is 1. The summed E-state index contributed by atoms with van der Waals surface area (Å²) in [6, 6.07) is -0.0204. The van der Waals surface area contributed by atoms with Crippen molar-refractivity contribution in [2.45, 2.75) is 38.6 Å². The molecular formula is C13H22N4O3. The van der Waals surface area contributed by atoms with Gasteiger partial charge in [-0.05, 0) is 38.5 Å². The molecule has 0 aromatic carbocycles. The van der Waals surface area contributed by atoms with Crippen molar-refractivity contribution < 1.29 is 14.2 Å². The molecule has 1 atom stereocenters. The van der Waals surface area contributed by atoms with E-state index in [2.05, 4.69) is 25.2 Å². The lowest BCUT2D eigenvalue weighted by Crippen LogP contribution is -2.45. The SMILES string of the molecule is Cc1nonc1OCCNC(=O)[C@@H]1CCCCCN1C. The molecule has 0 aliphatic carbocycles. The third-order valence-corrected chi connectivity index (χ3v) is 3.57. The average Bonchev–Trinajstić information content (AvgIpc) is 2.70. The number of amides is 1. The Morgan fingerprint density at radius 1 is 1.45 bits per heavy atom. The number of rotatable bonds is 5. The predicted octanol–water partition coefficient (Wildman–Crippen LogP) is 0.747. The third kappa shape index (κ3) is 3.93.